The highest BCUT2D eigenvalue weighted by molar-refractivity contribution is 6.00. The van der Waals surface area contributed by atoms with Crippen molar-refractivity contribution in [3.05, 3.63) is 49.1 Å². The topological polar surface area (TPSA) is 52.6 Å². The second kappa shape index (κ2) is 11.5. The zero-order valence-electron chi connectivity index (χ0n) is 13.7. The van der Waals surface area contributed by atoms with Gasteiger partial charge in [-0.25, -0.2) is 0 Å². The van der Waals surface area contributed by atoms with Gasteiger partial charge in [0.05, 0.1) is 13.2 Å². The first-order valence-corrected chi connectivity index (χ1v) is 7.48. The van der Waals surface area contributed by atoms with Crippen LogP contribution >= 0.6 is 0 Å². The molecule has 0 unspecified atom stereocenters. The molecule has 4 nitrogen and oxygen atoms in total. The van der Waals surface area contributed by atoms with Crippen LogP contribution in [0.15, 0.2) is 49.1 Å². The maximum atomic E-state index is 12.4. The summed E-state index contributed by atoms with van der Waals surface area (Å²) in [5.41, 5.74) is -1.36. The Hall–Kier alpha value is -2.10. The number of esters is 2. The van der Waals surface area contributed by atoms with Crippen molar-refractivity contribution in [2.24, 2.45) is 5.41 Å². The third kappa shape index (κ3) is 6.12. The molecule has 4 heteroatoms. The van der Waals surface area contributed by atoms with Crippen molar-refractivity contribution in [3.8, 4) is 0 Å². The highest BCUT2D eigenvalue weighted by atomic mass is 16.6. The fourth-order valence-electron chi connectivity index (χ4n) is 1.86. The second-order valence-electron chi connectivity index (χ2n) is 4.55. The van der Waals surface area contributed by atoms with Gasteiger partial charge in [0.25, 0.3) is 0 Å². The molecule has 0 aromatic heterocycles. The fourth-order valence-corrected chi connectivity index (χ4v) is 1.86. The van der Waals surface area contributed by atoms with Crippen molar-refractivity contribution in [2.75, 3.05) is 13.2 Å². The molecule has 0 aliphatic rings. The molecule has 0 rings (SSSR count). The quantitative estimate of drug-likeness (QED) is 0.350. The van der Waals surface area contributed by atoms with Crippen LogP contribution < -0.4 is 0 Å². The predicted molar refractivity (Wildman–Crippen MR) is 88.2 cm³/mol. The molecule has 0 heterocycles. The lowest BCUT2D eigenvalue weighted by atomic mass is 9.80. The maximum Gasteiger partial charge on any atom is 0.324 e. The Balaban J connectivity index is 5.55. The molecule has 0 spiro atoms. The van der Waals surface area contributed by atoms with E-state index in [-0.39, 0.29) is 26.1 Å². The molecule has 22 heavy (non-hydrogen) atoms. The van der Waals surface area contributed by atoms with Gasteiger partial charge >= 0.3 is 11.9 Å². The Kier molecular flexibility index (Phi) is 10.4. The van der Waals surface area contributed by atoms with E-state index in [1.165, 1.54) is 0 Å². The van der Waals surface area contributed by atoms with Crippen molar-refractivity contribution < 1.29 is 19.1 Å². The second-order valence-corrected chi connectivity index (χ2v) is 4.55. The number of allylic oxidation sites excluding steroid dienone is 7. The summed E-state index contributed by atoms with van der Waals surface area (Å²) in [7, 11) is 0. The summed E-state index contributed by atoms with van der Waals surface area (Å²) >= 11 is 0. The van der Waals surface area contributed by atoms with E-state index in [9.17, 15) is 9.59 Å². The van der Waals surface area contributed by atoms with Gasteiger partial charge in [-0.05, 0) is 33.6 Å². The SMILES string of the molecule is C=C/C=C/CC(C/C=C/C=C/C)(C(=O)OCC)C(=O)OCC. The van der Waals surface area contributed by atoms with E-state index < -0.39 is 17.4 Å². The highest BCUT2D eigenvalue weighted by Gasteiger charge is 2.47. The molecule has 0 radical (unpaired) electrons. The fraction of sp³-hybridized carbons (Fsp3) is 0.444. The van der Waals surface area contributed by atoms with Gasteiger partial charge in [-0.2, -0.15) is 0 Å². The number of hydrogen-bond donors (Lipinski definition) is 0. The van der Waals surface area contributed by atoms with Crippen LogP contribution in [0, 0.1) is 5.41 Å². The molecule has 0 aliphatic carbocycles. The van der Waals surface area contributed by atoms with Gasteiger partial charge in [0.2, 0.25) is 0 Å². The molecule has 122 valence electrons. The van der Waals surface area contributed by atoms with E-state index in [2.05, 4.69) is 6.58 Å². The van der Waals surface area contributed by atoms with Crippen molar-refractivity contribution in [2.45, 2.75) is 33.6 Å². The Bertz CT molecular complexity index is 426. The van der Waals surface area contributed by atoms with E-state index >= 15 is 0 Å². The molecule has 0 N–H and O–H groups in total. The van der Waals surface area contributed by atoms with Crippen LogP contribution in [0.5, 0.6) is 0 Å². The zero-order valence-corrected chi connectivity index (χ0v) is 13.7. The monoisotopic (exact) mass is 306 g/mol. The Morgan fingerprint density at radius 1 is 0.955 bits per heavy atom. The minimum absolute atomic E-state index is 0.205. The van der Waals surface area contributed by atoms with Crippen molar-refractivity contribution in [3.63, 3.8) is 0 Å². The van der Waals surface area contributed by atoms with Gasteiger partial charge in [0.1, 0.15) is 0 Å². The molecule has 0 aromatic carbocycles. The van der Waals surface area contributed by atoms with Crippen LogP contribution in [-0.4, -0.2) is 25.2 Å². The number of rotatable bonds is 10. The molecule has 0 aliphatic heterocycles. The van der Waals surface area contributed by atoms with E-state index in [0.717, 1.165) is 0 Å². The van der Waals surface area contributed by atoms with Crippen molar-refractivity contribution in [1.29, 1.82) is 0 Å². The zero-order chi connectivity index (χ0) is 16.8. The summed E-state index contributed by atoms with van der Waals surface area (Å²) in [5, 5.41) is 0. The van der Waals surface area contributed by atoms with Gasteiger partial charge in [-0.15, -0.1) is 0 Å². The normalized spacial score (nSPS) is 12.1. The summed E-state index contributed by atoms with van der Waals surface area (Å²) in [6.45, 7) is 9.32. The average Bonchev–Trinajstić information content (AvgIpc) is 2.50. The summed E-state index contributed by atoms with van der Waals surface area (Å²) in [6.07, 6.45) is 12.7. The molecule has 0 bridgehead atoms. The van der Waals surface area contributed by atoms with E-state index in [1.807, 2.05) is 19.1 Å². The van der Waals surface area contributed by atoms with Gasteiger partial charge in [-0.3, -0.25) is 9.59 Å². The summed E-state index contributed by atoms with van der Waals surface area (Å²) in [4.78, 5) is 24.8. The molecule has 0 fully saturated rings. The van der Waals surface area contributed by atoms with Crippen molar-refractivity contribution >= 4 is 11.9 Å². The molecule has 0 saturated carbocycles. The first-order chi connectivity index (χ1) is 10.6. The van der Waals surface area contributed by atoms with E-state index in [0.29, 0.717) is 0 Å². The van der Waals surface area contributed by atoms with Crippen molar-refractivity contribution in [1.82, 2.24) is 0 Å². The lowest BCUT2D eigenvalue weighted by Crippen LogP contribution is -2.41. The lowest BCUT2D eigenvalue weighted by Gasteiger charge is -2.27. The largest absolute Gasteiger partial charge is 0.465 e. The Labute approximate surface area is 133 Å². The summed E-state index contributed by atoms with van der Waals surface area (Å²) < 4.78 is 10.2. The molecule has 0 amide bonds. The smallest absolute Gasteiger partial charge is 0.324 e. The number of ether oxygens (including phenoxy) is 2. The third-order valence-electron chi connectivity index (χ3n) is 2.98. The molecule has 0 aromatic rings. The Morgan fingerprint density at radius 2 is 1.45 bits per heavy atom. The number of carbonyl (C=O) groups excluding carboxylic acids is 2. The van der Waals surface area contributed by atoms with Crippen LogP contribution in [0.4, 0.5) is 0 Å². The van der Waals surface area contributed by atoms with Gasteiger partial charge in [-0.1, -0.05) is 49.1 Å². The Morgan fingerprint density at radius 3 is 1.86 bits per heavy atom. The molecular weight excluding hydrogens is 280 g/mol. The lowest BCUT2D eigenvalue weighted by molar-refractivity contribution is -0.171. The maximum absolute atomic E-state index is 12.4. The first-order valence-electron chi connectivity index (χ1n) is 7.48. The average molecular weight is 306 g/mol. The minimum atomic E-state index is -1.36. The predicted octanol–water partition coefficient (Wildman–Crippen LogP) is 3.75. The highest BCUT2D eigenvalue weighted by Crippen LogP contribution is 2.32. The van der Waals surface area contributed by atoms with E-state index in [1.54, 1.807) is 44.2 Å². The third-order valence-corrected chi connectivity index (χ3v) is 2.98. The van der Waals surface area contributed by atoms with Crippen LogP contribution in [0.1, 0.15) is 33.6 Å². The standard InChI is InChI=1S/C18H26O4/c1-5-9-11-13-15-18(14-12-10-6-2,16(19)21-7-3)17(20)22-8-4/h5-6,9-13H,2,7-8,14-15H2,1,3-4H3/b9-5+,12-10+,13-11+. The van der Waals surface area contributed by atoms with Crippen LogP contribution in [0.2, 0.25) is 0 Å². The minimum Gasteiger partial charge on any atom is -0.465 e. The molecule has 0 saturated heterocycles. The van der Waals surface area contributed by atoms with Crippen LogP contribution in [0.3, 0.4) is 0 Å². The summed E-state index contributed by atoms with van der Waals surface area (Å²) in [5.74, 6) is -1.13. The van der Waals surface area contributed by atoms with Gasteiger partial charge in [0.15, 0.2) is 5.41 Å². The number of carbonyl (C=O) groups is 2. The first kappa shape index (κ1) is 19.9. The number of hydrogen-bond acceptors (Lipinski definition) is 4. The van der Waals surface area contributed by atoms with Crippen LogP contribution in [0.25, 0.3) is 0 Å². The van der Waals surface area contributed by atoms with Gasteiger partial charge < -0.3 is 9.47 Å². The molecular formula is C18H26O4. The molecule has 0 atom stereocenters. The summed E-state index contributed by atoms with van der Waals surface area (Å²) in [6, 6.07) is 0. The van der Waals surface area contributed by atoms with Gasteiger partial charge in [0, 0.05) is 0 Å². The van der Waals surface area contributed by atoms with Crippen LogP contribution in [-0.2, 0) is 19.1 Å². The van der Waals surface area contributed by atoms with E-state index in [4.69, 9.17) is 9.47 Å².